The lowest BCUT2D eigenvalue weighted by molar-refractivity contribution is -0.0461. The Labute approximate surface area is 131 Å². The molecule has 5 heteroatoms. The Kier molecular flexibility index (Phi) is 4.95. The number of nitrogens with zero attached hydrogens (tertiary/aromatic N) is 1. The lowest BCUT2D eigenvalue weighted by Crippen LogP contribution is -2.50. The van der Waals surface area contributed by atoms with Crippen molar-refractivity contribution in [3.8, 4) is 5.75 Å². The zero-order chi connectivity index (χ0) is 15.4. The van der Waals surface area contributed by atoms with Gasteiger partial charge in [-0.25, -0.2) is 0 Å². The second-order valence-corrected chi connectivity index (χ2v) is 5.91. The van der Waals surface area contributed by atoms with Crippen molar-refractivity contribution in [2.45, 2.75) is 31.9 Å². The number of rotatable bonds is 5. The monoisotopic (exact) mass is 304 g/mol. The Bertz CT molecular complexity index is 503. The van der Waals surface area contributed by atoms with Gasteiger partial charge in [0.05, 0.1) is 19.3 Å². The van der Waals surface area contributed by atoms with E-state index in [-0.39, 0.29) is 12.0 Å². The Morgan fingerprint density at radius 1 is 1.41 bits per heavy atom. The van der Waals surface area contributed by atoms with Crippen LogP contribution in [-0.2, 0) is 4.74 Å². The van der Waals surface area contributed by atoms with E-state index in [0.29, 0.717) is 24.8 Å². The van der Waals surface area contributed by atoms with Crippen LogP contribution in [0.1, 0.15) is 30.1 Å². The highest BCUT2D eigenvalue weighted by Gasteiger charge is 2.32. The topological polar surface area (TPSA) is 50.8 Å². The summed E-state index contributed by atoms with van der Waals surface area (Å²) in [4.78, 5) is 14.6. The fourth-order valence-corrected chi connectivity index (χ4v) is 3.19. The van der Waals surface area contributed by atoms with Crippen molar-refractivity contribution >= 4 is 5.91 Å². The van der Waals surface area contributed by atoms with E-state index in [0.717, 1.165) is 25.4 Å². The molecule has 5 nitrogen and oxygen atoms in total. The van der Waals surface area contributed by atoms with Crippen molar-refractivity contribution in [3.63, 3.8) is 0 Å². The number of morpholine rings is 1. The van der Waals surface area contributed by atoms with Crippen LogP contribution in [-0.4, -0.2) is 55.8 Å². The first-order chi connectivity index (χ1) is 10.8. The molecule has 2 heterocycles. The summed E-state index contributed by atoms with van der Waals surface area (Å²) in [6.45, 7) is 6.02. The number of fused-ring (bicyclic) bond motifs is 1. The number of benzene rings is 1. The predicted molar refractivity (Wildman–Crippen MR) is 84.3 cm³/mol. The molecule has 0 bridgehead atoms. The van der Waals surface area contributed by atoms with Crippen LogP contribution in [0.25, 0.3) is 0 Å². The van der Waals surface area contributed by atoms with E-state index in [9.17, 15) is 4.79 Å². The second-order valence-electron chi connectivity index (χ2n) is 5.91. The summed E-state index contributed by atoms with van der Waals surface area (Å²) in [5.41, 5.74) is 0.651. The molecule has 0 aliphatic carbocycles. The molecule has 2 aliphatic rings. The normalized spacial score (nSPS) is 24.8. The van der Waals surface area contributed by atoms with E-state index in [4.69, 9.17) is 9.47 Å². The van der Waals surface area contributed by atoms with E-state index < -0.39 is 0 Å². The number of ether oxygens (including phenoxy) is 2. The molecule has 2 aliphatic heterocycles. The third-order valence-electron chi connectivity index (χ3n) is 4.38. The van der Waals surface area contributed by atoms with Crippen molar-refractivity contribution in [2.75, 3.05) is 32.8 Å². The van der Waals surface area contributed by atoms with Gasteiger partial charge in [-0.05, 0) is 50.6 Å². The summed E-state index contributed by atoms with van der Waals surface area (Å²) in [5, 5.41) is 2.97. The molecule has 3 rings (SSSR count). The van der Waals surface area contributed by atoms with E-state index in [1.54, 1.807) is 12.1 Å². The molecule has 1 N–H and O–H groups in total. The predicted octanol–water partition coefficient (Wildman–Crippen LogP) is 1.68. The highest BCUT2D eigenvalue weighted by Crippen LogP contribution is 2.22. The van der Waals surface area contributed by atoms with Gasteiger partial charge in [0.25, 0.3) is 5.91 Å². The molecule has 1 aromatic rings. The molecule has 2 fully saturated rings. The van der Waals surface area contributed by atoms with Gasteiger partial charge >= 0.3 is 0 Å². The fourth-order valence-electron chi connectivity index (χ4n) is 3.19. The molecule has 2 saturated heterocycles. The zero-order valence-corrected chi connectivity index (χ0v) is 13.1. The number of nitrogens with one attached hydrogen (secondary N) is 1. The highest BCUT2D eigenvalue weighted by molar-refractivity contribution is 5.94. The number of carbonyl (C=O) groups is 1. The van der Waals surface area contributed by atoms with Gasteiger partial charge in [-0.3, -0.25) is 9.69 Å². The first-order valence-corrected chi connectivity index (χ1v) is 8.13. The molecule has 0 aromatic heterocycles. The molecular weight excluding hydrogens is 280 g/mol. The smallest absolute Gasteiger partial charge is 0.251 e. The summed E-state index contributed by atoms with van der Waals surface area (Å²) in [6.07, 6.45) is 2.60. The zero-order valence-electron chi connectivity index (χ0n) is 13.1. The standard InChI is InChI=1S/C17H24N2O3/c1-2-21-15-7-5-13(6-8-15)17(20)18-10-16-11-19-9-3-4-14(19)12-22-16/h5-8,14,16H,2-4,9-12H2,1H3,(H,18,20)/t14-,16-/m1/s1. The molecule has 2 atom stereocenters. The number of amides is 1. The van der Waals surface area contributed by atoms with Crippen LogP contribution in [0.3, 0.4) is 0 Å². The van der Waals surface area contributed by atoms with Gasteiger partial charge in [0, 0.05) is 24.7 Å². The van der Waals surface area contributed by atoms with Crippen LogP contribution in [0.15, 0.2) is 24.3 Å². The molecule has 22 heavy (non-hydrogen) atoms. The van der Waals surface area contributed by atoms with Crippen LogP contribution in [0.5, 0.6) is 5.75 Å². The van der Waals surface area contributed by atoms with Gasteiger partial charge in [-0.15, -0.1) is 0 Å². The maximum absolute atomic E-state index is 12.2. The van der Waals surface area contributed by atoms with Crippen LogP contribution in [0.4, 0.5) is 0 Å². The van der Waals surface area contributed by atoms with Crippen molar-refractivity contribution < 1.29 is 14.3 Å². The lowest BCUT2D eigenvalue weighted by atomic mass is 10.1. The molecule has 1 amide bonds. The number of hydrogen-bond donors (Lipinski definition) is 1. The minimum atomic E-state index is -0.0600. The fraction of sp³-hybridized carbons (Fsp3) is 0.588. The summed E-state index contributed by atoms with van der Waals surface area (Å²) in [6, 6.07) is 7.82. The van der Waals surface area contributed by atoms with E-state index >= 15 is 0 Å². The van der Waals surface area contributed by atoms with Crippen LogP contribution in [0.2, 0.25) is 0 Å². The Morgan fingerprint density at radius 3 is 3.00 bits per heavy atom. The van der Waals surface area contributed by atoms with Crippen LogP contribution >= 0.6 is 0 Å². The maximum Gasteiger partial charge on any atom is 0.251 e. The van der Waals surface area contributed by atoms with Crippen molar-refractivity contribution in [2.24, 2.45) is 0 Å². The molecule has 0 unspecified atom stereocenters. The SMILES string of the molecule is CCOc1ccc(C(=O)NC[C@@H]2CN3CCC[C@@H]3CO2)cc1. The Morgan fingerprint density at radius 2 is 2.23 bits per heavy atom. The van der Waals surface area contributed by atoms with Crippen molar-refractivity contribution in [3.05, 3.63) is 29.8 Å². The summed E-state index contributed by atoms with van der Waals surface area (Å²) in [5.74, 6) is 0.727. The molecular formula is C17H24N2O3. The summed E-state index contributed by atoms with van der Waals surface area (Å²) in [7, 11) is 0. The average molecular weight is 304 g/mol. The van der Waals surface area contributed by atoms with Gasteiger partial charge in [0.1, 0.15) is 5.75 Å². The van der Waals surface area contributed by atoms with E-state index in [1.807, 2.05) is 19.1 Å². The third kappa shape index (κ3) is 3.59. The van der Waals surface area contributed by atoms with Crippen molar-refractivity contribution in [1.82, 2.24) is 10.2 Å². The summed E-state index contributed by atoms with van der Waals surface area (Å²) < 4.78 is 11.2. The minimum Gasteiger partial charge on any atom is -0.494 e. The van der Waals surface area contributed by atoms with Gasteiger partial charge in [-0.2, -0.15) is 0 Å². The van der Waals surface area contributed by atoms with Crippen LogP contribution < -0.4 is 10.1 Å². The minimum absolute atomic E-state index is 0.0600. The van der Waals surface area contributed by atoms with Gasteiger partial charge in [0.15, 0.2) is 0 Å². The molecule has 0 spiro atoms. The van der Waals surface area contributed by atoms with Crippen LogP contribution in [0, 0.1) is 0 Å². The van der Waals surface area contributed by atoms with Gasteiger partial charge < -0.3 is 14.8 Å². The van der Waals surface area contributed by atoms with Gasteiger partial charge in [0.2, 0.25) is 0 Å². The van der Waals surface area contributed by atoms with Gasteiger partial charge in [-0.1, -0.05) is 0 Å². The Balaban J connectivity index is 1.47. The first kappa shape index (κ1) is 15.3. The third-order valence-corrected chi connectivity index (χ3v) is 4.38. The Hall–Kier alpha value is -1.59. The molecule has 120 valence electrons. The summed E-state index contributed by atoms with van der Waals surface area (Å²) >= 11 is 0. The first-order valence-electron chi connectivity index (χ1n) is 8.13. The average Bonchev–Trinajstić information content (AvgIpc) is 3.01. The molecule has 1 aromatic carbocycles. The largest absolute Gasteiger partial charge is 0.494 e. The quantitative estimate of drug-likeness (QED) is 0.899. The molecule has 0 saturated carbocycles. The maximum atomic E-state index is 12.2. The number of carbonyl (C=O) groups excluding carboxylic acids is 1. The van der Waals surface area contributed by atoms with E-state index in [1.165, 1.54) is 12.8 Å². The highest BCUT2D eigenvalue weighted by atomic mass is 16.5. The lowest BCUT2D eigenvalue weighted by Gasteiger charge is -2.35. The number of hydrogen-bond acceptors (Lipinski definition) is 4. The van der Waals surface area contributed by atoms with Crippen molar-refractivity contribution in [1.29, 1.82) is 0 Å². The second kappa shape index (κ2) is 7.11. The van der Waals surface area contributed by atoms with E-state index in [2.05, 4.69) is 10.2 Å². The molecule has 0 radical (unpaired) electrons.